The zero-order valence-corrected chi connectivity index (χ0v) is 5.17. The summed E-state index contributed by atoms with van der Waals surface area (Å²) in [6, 6.07) is 0. The van der Waals surface area contributed by atoms with Crippen LogP contribution in [0.4, 0.5) is 0 Å². The quantitative estimate of drug-likeness (QED) is 0.277. The summed E-state index contributed by atoms with van der Waals surface area (Å²) in [7, 11) is 0. The molecule has 0 saturated carbocycles. The Morgan fingerprint density at radius 1 is 1.33 bits per heavy atom. The molecule has 0 amide bonds. The smallest absolute Gasteiger partial charge is 0.288 e. The molecule has 0 aromatic heterocycles. The maximum absolute atomic E-state index is 8.27. The zero-order valence-electron chi connectivity index (χ0n) is 5.17. The van der Waals surface area contributed by atoms with Crippen LogP contribution in [0.1, 0.15) is 6.42 Å². The molecule has 9 heavy (non-hydrogen) atoms. The van der Waals surface area contributed by atoms with Gasteiger partial charge in [0.15, 0.2) is 0 Å². The largest absolute Gasteiger partial charge is 0.343 e. The SMILES string of the molecule is [CH2]CCNCC(O)(O)O. The van der Waals surface area contributed by atoms with Crippen LogP contribution in [0.3, 0.4) is 0 Å². The normalized spacial score (nSPS) is 12.0. The third kappa shape index (κ3) is 7.84. The van der Waals surface area contributed by atoms with Crippen LogP contribution >= 0.6 is 0 Å². The topological polar surface area (TPSA) is 72.7 Å². The molecule has 0 aliphatic heterocycles. The molecule has 0 unspecified atom stereocenters. The van der Waals surface area contributed by atoms with Crippen LogP contribution in [0.5, 0.6) is 0 Å². The van der Waals surface area contributed by atoms with Gasteiger partial charge in [0.05, 0.1) is 6.54 Å². The van der Waals surface area contributed by atoms with Gasteiger partial charge in [-0.05, 0) is 13.0 Å². The van der Waals surface area contributed by atoms with Crippen LogP contribution in [0, 0.1) is 6.92 Å². The molecule has 0 rings (SSSR count). The minimum atomic E-state index is -2.59. The van der Waals surface area contributed by atoms with Crippen LogP contribution in [0.25, 0.3) is 0 Å². The van der Waals surface area contributed by atoms with Crippen LogP contribution in [-0.4, -0.2) is 34.4 Å². The van der Waals surface area contributed by atoms with Gasteiger partial charge >= 0.3 is 0 Å². The van der Waals surface area contributed by atoms with Gasteiger partial charge in [-0.15, -0.1) is 0 Å². The molecular weight excluding hydrogens is 122 g/mol. The number of aliphatic hydroxyl groups is 3. The molecule has 4 nitrogen and oxygen atoms in total. The average Bonchev–Trinajstić information content (AvgIpc) is 1.63. The predicted molar refractivity (Wildman–Crippen MR) is 32.2 cm³/mol. The van der Waals surface area contributed by atoms with Crippen molar-refractivity contribution in [2.45, 2.75) is 12.4 Å². The molecule has 0 aliphatic rings. The Hall–Kier alpha value is -0.160. The monoisotopic (exact) mass is 134 g/mol. The van der Waals surface area contributed by atoms with Gasteiger partial charge in [-0.2, -0.15) is 0 Å². The Balaban J connectivity index is 3.07. The Bertz CT molecular complexity index is 69.1. The minimum absolute atomic E-state index is 0.248. The fraction of sp³-hybridized carbons (Fsp3) is 0.800. The molecular formula is C5H12NO3. The fourth-order valence-corrected chi connectivity index (χ4v) is 0.381. The first-order chi connectivity index (χ1) is 4.06. The van der Waals surface area contributed by atoms with E-state index in [4.69, 9.17) is 15.3 Å². The Kier molecular flexibility index (Phi) is 3.72. The summed E-state index contributed by atoms with van der Waals surface area (Å²) in [6.07, 6.45) is 0.649. The molecule has 0 bridgehead atoms. The molecule has 0 heterocycles. The Morgan fingerprint density at radius 3 is 2.22 bits per heavy atom. The highest BCUT2D eigenvalue weighted by molar-refractivity contribution is 4.53. The van der Waals surface area contributed by atoms with Gasteiger partial charge in [-0.25, -0.2) is 0 Å². The second-order valence-corrected chi connectivity index (χ2v) is 1.80. The van der Waals surface area contributed by atoms with Crippen molar-refractivity contribution in [1.29, 1.82) is 0 Å². The fourth-order valence-electron chi connectivity index (χ4n) is 0.381. The molecule has 0 aliphatic carbocycles. The van der Waals surface area contributed by atoms with E-state index < -0.39 is 5.97 Å². The van der Waals surface area contributed by atoms with E-state index in [1.165, 1.54) is 0 Å². The summed E-state index contributed by atoms with van der Waals surface area (Å²) in [4.78, 5) is 0. The minimum Gasteiger partial charge on any atom is -0.343 e. The lowest BCUT2D eigenvalue weighted by Crippen LogP contribution is -2.40. The van der Waals surface area contributed by atoms with Crippen LogP contribution < -0.4 is 5.32 Å². The standard InChI is InChI=1S/C5H12NO3/c1-2-3-6-4-5(7,8)9/h6-9H,1-4H2. The van der Waals surface area contributed by atoms with E-state index in [1.807, 2.05) is 0 Å². The molecule has 0 aromatic carbocycles. The first kappa shape index (κ1) is 8.84. The molecule has 55 valence electrons. The van der Waals surface area contributed by atoms with Crippen molar-refractivity contribution in [2.75, 3.05) is 13.1 Å². The van der Waals surface area contributed by atoms with Crippen molar-refractivity contribution in [3.05, 3.63) is 6.92 Å². The van der Waals surface area contributed by atoms with Gasteiger partial charge in [0, 0.05) is 0 Å². The number of hydrogen-bond donors (Lipinski definition) is 4. The molecule has 0 aromatic rings. The van der Waals surface area contributed by atoms with Gasteiger partial charge in [-0.3, -0.25) is 0 Å². The summed E-state index contributed by atoms with van der Waals surface area (Å²) in [5.41, 5.74) is 0. The van der Waals surface area contributed by atoms with Crippen molar-refractivity contribution in [3.8, 4) is 0 Å². The number of hydrogen-bond acceptors (Lipinski definition) is 4. The summed E-state index contributed by atoms with van der Waals surface area (Å²) >= 11 is 0. The van der Waals surface area contributed by atoms with Gasteiger partial charge in [0.2, 0.25) is 0 Å². The number of rotatable bonds is 4. The third-order valence-electron chi connectivity index (χ3n) is 0.716. The summed E-state index contributed by atoms with van der Waals surface area (Å²) in [5.74, 6) is -2.59. The molecule has 0 saturated heterocycles. The summed E-state index contributed by atoms with van der Waals surface area (Å²) in [5, 5.41) is 27.4. The molecule has 4 N–H and O–H groups in total. The predicted octanol–water partition coefficient (Wildman–Crippen LogP) is -1.57. The molecule has 0 atom stereocenters. The van der Waals surface area contributed by atoms with E-state index in [9.17, 15) is 0 Å². The van der Waals surface area contributed by atoms with Crippen molar-refractivity contribution < 1.29 is 15.3 Å². The van der Waals surface area contributed by atoms with E-state index in [-0.39, 0.29) is 6.54 Å². The number of nitrogens with one attached hydrogen (secondary N) is 1. The second-order valence-electron chi connectivity index (χ2n) is 1.80. The van der Waals surface area contributed by atoms with E-state index in [2.05, 4.69) is 12.2 Å². The van der Waals surface area contributed by atoms with Crippen LogP contribution in [0.15, 0.2) is 0 Å². The molecule has 0 spiro atoms. The van der Waals surface area contributed by atoms with Gasteiger partial charge in [0.1, 0.15) is 0 Å². The van der Waals surface area contributed by atoms with Crippen molar-refractivity contribution in [2.24, 2.45) is 0 Å². The van der Waals surface area contributed by atoms with E-state index in [1.54, 1.807) is 0 Å². The highest BCUT2D eigenvalue weighted by Crippen LogP contribution is 1.87. The third-order valence-corrected chi connectivity index (χ3v) is 0.716. The average molecular weight is 134 g/mol. The lowest BCUT2D eigenvalue weighted by molar-refractivity contribution is -0.306. The zero-order chi connectivity index (χ0) is 7.33. The lowest BCUT2D eigenvalue weighted by Gasteiger charge is -2.13. The summed E-state index contributed by atoms with van der Waals surface area (Å²) in [6.45, 7) is 3.81. The van der Waals surface area contributed by atoms with E-state index in [0.717, 1.165) is 0 Å². The lowest BCUT2D eigenvalue weighted by atomic mass is 10.4. The van der Waals surface area contributed by atoms with Crippen LogP contribution in [-0.2, 0) is 0 Å². The van der Waals surface area contributed by atoms with Gasteiger partial charge in [-0.1, -0.05) is 6.92 Å². The van der Waals surface area contributed by atoms with E-state index in [0.29, 0.717) is 13.0 Å². The maximum atomic E-state index is 8.27. The first-order valence-electron chi connectivity index (χ1n) is 2.73. The van der Waals surface area contributed by atoms with Crippen molar-refractivity contribution >= 4 is 0 Å². The van der Waals surface area contributed by atoms with Gasteiger partial charge in [0.25, 0.3) is 5.97 Å². The first-order valence-corrected chi connectivity index (χ1v) is 2.73. The second kappa shape index (κ2) is 3.79. The Morgan fingerprint density at radius 2 is 1.89 bits per heavy atom. The molecule has 1 radical (unpaired) electrons. The maximum Gasteiger partial charge on any atom is 0.288 e. The highest BCUT2D eigenvalue weighted by Gasteiger charge is 2.15. The van der Waals surface area contributed by atoms with Crippen LogP contribution in [0.2, 0.25) is 0 Å². The van der Waals surface area contributed by atoms with E-state index >= 15 is 0 Å². The molecule has 0 fully saturated rings. The molecule has 4 heteroatoms. The highest BCUT2D eigenvalue weighted by atomic mass is 16.7. The summed E-state index contributed by atoms with van der Waals surface area (Å²) < 4.78 is 0. The van der Waals surface area contributed by atoms with Crippen molar-refractivity contribution in [1.82, 2.24) is 5.32 Å². The van der Waals surface area contributed by atoms with Gasteiger partial charge < -0.3 is 20.6 Å². The Labute approximate surface area is 54.1 Å². The van der Waals surface area contributed by atoms with Crippen molar-refractivity contribution in [3.63, 3.8) is 0 Å².